The van der Waals surface area contributed by atoms with E-state index in [0.717, 1.165) is 43.6 Å². The van der Waals surface area contributed by atoms with Crippen LogP contribution in [0.2, 0.25) is 0 Å². The predicted octanol–water partition coefficient (Wildman–Crippen LogP) is 2.67. The maximum absolute atomic E-state index is 12.3. The van der Waals surface area contributed by atoms with Crippen molar-refractivity contribution < 1.29 is 4.79 Å². The molecule has 0 bridgehead atoms. The van der Waals surface area contributed by atoms with Crippen molar-refractivity contribution in [2.75, 3.05) is 18.0 Å². The summed E-state index contributed by atoms with van der Waals surface area (Å²) in [6.07, 6.45) is 3.12. The fraction of sp³-hybridized carbons (Fsp3) is 0.588. The van der Waals surface area contributed by atoms with E-state index in [4.69, 9.17) is 5.73 Å². The first kappa shape index (κ1) is 17.5. The van der Waals surface area contributed by atoms with E-state index >= 15 is 0 Å². The summed E-state index contributed by atoms with van der Waals surface area (Å²) in [5, 5.41) is 3.01. The second kappa shape index (κ2) is 9.40. The van der Waals surface area contributed by atoms with Gasteiger partial charge in [0.1, 0.15) is 6.04 Å². The highest BCUT2D eigenvalue weighted by molar-refractivity contribution is 5.84. The van der Waals surface area contributed by atoms with Gasteiger partial charge in [-0.2, -0.15) is 0 Å². The number of amides is 1. The average Bonchev–Trinajstić information content (AvgIpc) is 2.52. The summed E-state index contributed by atoms with van der Waals surface area (Å²) in [7, 11) is 0. The third-order valence-electron chi connectivity index (χ3n) is 3.64. The van der Waals surface area contributed by atoms with Gasteiger partial charge in [0.25, 0.3) is 0 Å². The molecule has 4 heteroatoms. The summed E-state index contributed by atoms with van der Waals surface area (Å²) in [5.74, 6) is 0.0970. The molecule has 1 amide bonds. The molecule has 0 spiro atoms. The van der Waals surface area contributed by atoms with Crippen molar-refractivity contribution in [2.24, 2.45) is 5.73 Å². The molecule has 3 N–H and O–H groups in total. The van der Waals surface area contributed by atoms with Gasteiger partial charge in [0.2, 0.25) is 5.91 Å². The van der Waals surface area contributed by atoms with Gasteiger partial charge in [-0.15, -0.1) is 0 Å². The van der Waals surface area contributed by atoms with Crippen LogP contribution < -0.4 is 16.0 Å². The Labute approximate surface area is 128 Å². The summed E-state index contributed by atoms with van der Waals surface area (Å²) >= 11 is 0. The Balaban J connectivity index is 2.76. The third-order valence-corrected chi connectivity index (χ3v) is 3.64. The zero-order chi connectivity index (χ0) is 15.7. The van der Waals surface area contributed by atoms with Crippen molar-refractivity contribution in [2.45, 2.75) is 52.6 Å². The second-order valence-corrected chi connectivity index (χ2v) is 5.38. The summed E-state index contributed by atoms with van der Waals surface area (Å²) in [5.41, 5.74) is 7.82. The Kier molecular flexibility index (Phi) is 7.83. The molecular formula is C17H29N3O. The van der Waals surface area contributed by atoms with Crippen molar-refractivity contribution in [3.8, 4) is 0 Å². The second-order valence-electron chi connectivity index (χ2n) is 5.38. The van der Waals surface area contributed by atoms with Crippen LogP contribution in [0.1, 0.15) is 45.6 Å². The zero-order valence-electron chi connectivity index (χ0n) is 13.6. The summed E-state index contributed by atoms with van der Waals surface area (Å²) in [6.45, 7) is 8.38. The largest absolute Gasteiger partial charge is 0.360 e. The van der Waals surface area contributed by atoms with Crippen molar-refractivity contribution >= 4 is 11.6 Å². The highest BCUT2D eigenvalue weighted by atomic mass is 16.2. The number of carbonyl (C=O) groups is 1. The average molecular weight is 291 g/mol. The molecule has 0 heterocycles. The number of anilines is 1. The van der Waals surface area contributed by atoms with E-state index in [-0.39, 0.29) is 11.9 Å². The lowest BCUT2D eigenvalue weighted by Gasteiger charge is -2.30. The van der Waals surface area contributed by atoms with Gasteiger partial charge in [-0.05, 0) is 37.5 Å². The Hall–Kier alpha value is -1.55. The molecule has 21 heavy (non-hydrogen) atoms. The predicted molar refractivity (Wildman–Crippen MR) is 89.4 cm³/mol. The molecule has 0 saturated carbocycles. The molecule has 1 aromatic carbocycles. The van der Waals surface area contributed by atoms with Crippen LogP contribution in [-0.2, 0) is 11.3 Å². The fourth-order valence-corrected chi connectivity index (χ4v) is 2.29. The number of carbonyl (C=O) groups excluding carboxylic acids is 1. The minimum atomic E-state index is -0.162. The smallest absolute Gasteiger partial charge is 0.242 e. The summed E-state index contributed by atoms with van der Waals surface area (Å²) < 4.78 is 0. The Morgan fingerprint density at radius 2 is 1.90 bits per heavy atom. The van der Waals surface area contributed by atoms with Crippen molar-refractivity contribution in [3.63, 3.8) is 0 Å². The number of nitrogens with two attached hydrogens (primary N) is 1. The first-order valence-corrected chi connectivity index (χ1v) is 7.97. The van der Waals surface area contributed by atoms with Gasteiger partial charge in [-0.3, -0.25) is 4.79 Å². The van der Waals surface area contributed by atoms with E-state index in [1.165, 1.54) is 0 Å². The van der Waals surface area contributed by atoms with Crippen LogP contribution in [0.5, 0.6) is 0 Å². The van der Waals surface area contributed by atoms with E-state index < -0.39 is 0 Å². The van der Waals surface area contributed by atoms with Crippen LogP contribution in [-0.4, -0.2) is 25.0 Å². The van der Waals surface area contributed by atoms with Crippen molar-refractivity contribution in [1.29, 1.82) is 0 Å². The number of nitrogens with one attached hydrogen (secondary N) is 1. The normalized spacial score (nSPS) is 12.0. The molecule has 1 atom stereocenters. The standard InChI is InChI=1S/C17H29N3O/c1-4-6-11-19-17(21)14(3)20(12-5-2)16-9-7-15(13-18)8-10-16/h7-10,14H,4-6,11-13,18H2,1-3H3,(H,19,21). The number of benzene rings is 1. The summed E-state index contributed by atoms with van der Waals surface area (Å²) in [4.78, 5) is 14.4. The Bertz CT molecular complexity index is 417. The van der Waals surface area contributed by atoms with Gasteiger partial charge < -0.3 is 16.0 Å². The van der Waals surface area contributed by atoms with Gasteiger partial charge in [0.15, 0.2) is 0 Å². The molecule has 118 valence electrons. The fourth-order valence-electron chi connectivity index (χ4n) is 2.29. The van der Waals surface area contributed by atoms with Gasteiger partial charge >= 0.3 is 0 Å². The van der Waals surface area contributed by atoms with Crippen molar-refractivity contribution in [3.05, 3.63) is 29.8 Å². The molecule has 0 aromatic heterocycles. The van der Waals surface area contributed by atoms with Crippen LogP contribution >= 0.6 is 0 Å². The molecule has 1 aromatic rings. The lowest BCUT2D eigenvalue weighted by molar-refractivity contribution is -0.122. The number of rotatable bonds is 9. The van der Waals surface area contributed by atoms with Crippen LogP contribution in [0.3, 0.4) is 0 Å². The molecule has 0 radical (unpaired) electrons. The SMILES string of the molecule is CCCCNC(=O)C(C)N(CCC)c1ccc(CN)cc1. The molecule has 4 nitrogen and oxygen atoms in total. The molecule has 0 aliphatic carbocycles. The number of hydrogen-bond donors (Lipinski definition) is 2. The van der Waals surface area contributed by atoms with Crippen LogP contribution in [0.4, 0.5) is 5.69 Å². The van der Waals surface area contributed by atoms with E-state index in [1.54, 1.807) is 0 Å². The Morgan fingerprint density at radius 1 is 1.24 bits per heavy atom. The van der Waals surface area contributed by atoms with E-state index in [9.17, 15) is 4.79 Å². The van der Waals surface area contributed by atoms with E-state index in [1.807, 2.05) is 31.2 Å². The van der Waals surface area contributed by atoms with Crippen molar-refractivity contribution in [1.82, 2.24) is 5.32 Å². The minimum absolute atomic E-state index is 0.0970. The molecular weight excluding hydrogens is 262 g/mol. The Morgan fingerprint density at radius 3 is 2.43 bits per heavy atom. The molecule has 0 aliphatic heterocycles. The van der Waals surface area contributed by atoms with E-state index in [2.05, 4.69) is 24.1 Å². The number of unbranched alkanes of at least 4 members (excludes halogenated alkanes) is 1. The quantitative estimate of drug-likeness (QED) is 0.688. The maximum atomic E-state index is 12.3. The molecule has 0 aliphatic rings. The lowest BCUT2D eigenvalue weighted by atomic mass is 10.1. The minimum Gasteiger partial charge on any atom is -0.360 e. The van der Waals surface area contributed by atoms with Crippen LogP contribution in [0, 0.1) is 0 Å². The van der Waals surface area contributed by atoms with Gasteiger partial charge in [0, 0.05) is 25.3 Å². The van der Waals surface area contributed by atoms with Gasteiger partial charge in [-0.1, -0.05) is 32.4 Å². The monoisotopic (exact) mass is 291 g/mol. The van der Waals surface area contributed by atoms with E-state index in [0.29, 0.717) is 6.54 Å². The first-order chi connectivity index (χ1) is 10.1. The molecule has 0 saturated heterocycles. The van der Waals surface area contributed by atoms with Crippen LogP contribution in [0.25, 0.3) is 0 Å². The zero-order valence-corrected chi connectivity index (χ0v) is 13.6. The third kappa shape index (κ3) is 5.38. The van der Waals surface area contributed by atoms with Crippen LogP contribution in [0.15, 0.2) is 24.3 Å². The summed E-state index contributed by atoms with van der Waals surface area (Å²) in [6, 6.07) is 7.99. The highest BCUT2D eigenvalue weighted by Crippen LogP contribution is 2.18. The molecule has 1 unspecified atom stereocenters. The number of hydrogen-bond acceptors (Lipinski definition) is 3. The molecule has 1 rings (SSSR count). The lowest BCUT2D eigenvalue weighted by Crippen LogP contribution is -2.46. The van der Waals surface area contributed by atoms with Gasteiger partial charge in [0.05, 0.1) is 0 Å². The molecule has 0 fully saturated rings. The first-order valence-electron chi connectivity index (χ1n) is 7.97. The number of nitrogens with zero attached hydrogens (tertiary/aromatic N) is 1. The van der Waals surface area contributed by atoms with Gasteiger partial charge in [-0.25, -0.2) is 0 Å². The maximum Gasteiger partial charge on any atom is 0.242 e. The highest BCUT2D eigenvalue weighted by Gasteiger charge is 2.20. The topological polar surface area (TPSA) is 58.4 Å².